The van der Waals surface area contributed by atoms with Crippen LogP contribution in [0.25, 0.3) is 5.69 Å². The molecule has 2 rings (SSSR count). The van der Waals surface area contributed by atoms with E-state index in [9.17, 15) is 9.59 Å². The number of ether oxygens (including phenoxy) is 1. The van der Waals surface area contributed by atoms with Crippen LogP contribution in [0.1, 0.15) is 17.4 Å². The molecule has 0 amide bonds. The lowest BCUT2D eigenvalue weighted by Gasteiger charge is -2.08. The summed E-state index contributed by atoms with van der Waals surface area (Å²) in [4.78, 5) is 27.1. The molecule has 2 heterocycles. The minimum Gasteiger partial charge on any atom is -0.491 e. The summed E-state index contributed by atoms with van der Waals surface area (Å²) < 4.78 is 6.37. The summed E-state index contributed by atoms with van der Waals surface area (Å²) in [6, 6.07) is 3.42. The molecule has 0 bridgehead atoms. The van der Waals surface area contributed by atoms with Crippen molar-refractivity contribution >= 4 is 5.78 Å². The van der Waals surface area contributed by atoms with Crippen LogP contribution in [0.15, 0.2) is 35.5 Å². The molecule has 0 aliphatic heterocycles. The summed E-state index contributed by atoms with van der Waals surface area (Å²) >= 11 is 0. The van der Waals surface area contributed by atoms with E-state index in [1.54, 1.807) is 24.5 Å². The molecule has 0 radical (unpaired) electrons. The molecule has 0 saturated heterocycles. The van der Waals surface area contributed by atoms with Crippen molar-refractivity contribution in [1.29, 1.82) is 0 Å². The number of ketones is 1. The molecule has 2 aromatic rings. The smallest absolute Gasteiger partial charge is 0.252 e. The minimum atomic E-state index is -0.504. The van der Waals surface area contributed by atoms with Crippen LogP contribution in [-0.2, 0) is 0 Å². The third kappa shape index (κ3) is 2.13. The third-order valence-corrected chi connectivity index (χ3v) is 2.37. The van der Waals surface area contributed by atoms with Crippen molar-refractivity contribution in [3.05, 3.63) is 46.6 Å². The average Bonchev–Trinajstić information content (AvgIpc) is 2.39. The van der Waals surface area contributed by atoms with Crippen molar-refractivity contribution < 1.29 is 9.53 Å². The van der Waals surface area contributed by atoms with Gasteiger partial charge in [-0.1, -0.05) is 0 Å². The van der Waals surface area contributed by atoms with Crippen LogP contribution in [0, 0.1) is 0 Å². The van der Waals surface area contributed by atoms with Crippen LogP contribution in [0.4, 0.5) is 0 Å². The van der Waals surface area contributed by atoms with Crippen molar-refractivity contribution in [3.63, 3.8) is 0 Å². The van der Waals surface area contributed by atoms with Gasteiger partial charge < -0.3 is 4.74 Å². The summed E-state index contributed by atoms with van der Waals surface area (Å²) in [5.74, 6) is -0.325. The van der Waals surface area contributed by atoms with E-state index < -0.39 is 11.2 Å². The Balaban J connectivity index is 2.67. The molecular weight excluding hydrogens is 234 g/mol. The molecule has 0 spiro atoms. The first-order valence-corrected chi connectivity index (χ1v) is 5.23. The number of methoxy groups -OCH3 is 1. The Kier molecular flexibility index (Phi) is 3.18. The maximum atomic E-state index is 11.8. The quantitative estimate of drug-likeness (QED) is 0.749. The van der Waals surface area contributed by atoms with Gasteiger partial charge in [0.25, 0.3) is 5.43 Å². The van der Waals surface area contributed by atoms with Crippen LogP contribution in [0.2, 0.25) is 0 Å². The molecule has 0 aliphatic rings. The summed E-state index contributed by atoms with van der Waals surface area (Å²) in [7, 11) is 1.37. The highest BCUT2D eigenvalue weighted by molar-refractivity contribution is 5.92. The zero-order chi connectivity index (χ0) is 13.1. The predicted octanol–water partition coefficient (Wildman–Crippen LogP) is 0.839. The van der Waals surface area contributed by atoms with E-state index in [0.29, 0.717) is 5.69 Å². The number of rotatable bonds is 3. The molecule has 0 aliphatic carbocycles. The van der Waals surface area contributed by atoms with Gasteiger partial charge in [-0.15, -0.1) is 0 Å². The number of carbonyl (C=O) groups excluding carboxylic acids is 1. The molecule has 18 heavy (non-hydrogen) atoms. The summed E-state index contributed by atoms with van der Waals surface area (Å²) in [5.41, 5.74) is 0.0345. The van der Waals surface area contributed by atoms with Gasteiger partial charge in [0, 0.05) is 19.3 Å². The van der Waals surface area contributed by atoms with Crippen LogP contribution >= 0.6 is 0 Å². The van der Waals surface area contributed by atoms with Crippen molar-refractivity contribution in [2.75, 3.05) is 7.11 Å². The van der Waals surface area contributed by atoms with Crippen molar-refractivity contribution in [1.82, 2.24) is 14.8 Å². The number of Topliss-reactive ketones (excluding diaryl/α,β-unsaturated/α-hetero) is 1. The lowest BCUT2D eigenvalue weighted by molar-refractivity contribution is 0.100. The molecule has 0 aromatic carbocycles. The lowest BCUT2D eigenvalue weighted by atomic mass is 10.3. The molecule has 0 atom stereocenters. The highest BCUT2D eigenvalue weighted by Crippen LogP contribution is 2.09. The van der Waals surface area contributed by atoms with Crippen molar-refractivity contribution in [3.8, 4) is 11.4 Å². The first-order valence-electron chi connectivity index (χ1n) is 5.23. The topological polar surface area (TPSA) is 74.1 Å². The summed E-state index contributed by atoms with van der Waals surface area (Å²) in [6.07, 6.45) is 4.62. The van der Waals surface area contributed by atoms with Crippen LogP contribution < -0.4 is 10.2 Å². The lowest BCUT2D eigenvalue weighted by Crippen LogP contribution is -2.21. The van der Waals surface area contributed by atoms with E-state index in [-0.39, 0.29) is 11.4 Å². The van der Waals surface area contributed by atoms with Crippen molar-refractivity contribution in [2.45, 2.75) is 6.92 Å². The molecule has 92 valence electrons. The highest BCUT2D eigenvalue weighted by atomic mass is 16.5. The second-order valence-corrected chi connectivity index (χ2v) is 3.58. The second kappa shape index (κ2) is 4.79. The predicted molar refractivity (Wildman–Crippen MR) is 64.2 cm³/mol. The van der Waals surface area contributed by atoms with Gasteiger partial charge in [0.05, 0.1) is 19.0 Å². The fourth-order valence-electron chi connectivity index (χ4n) is 1.47. The number of nitrogens with zero attached hydrogens (tertiary/aromatic N) is 3. The first kappa shape index (κ1) is 12.0. The van der Waals surface area contributed by atoms with E-state index in [1.807, 2.05) is 0 Å². The minimum absolute atomic E-state index is 0.0759. The highest BCUT2D eigenvalue weighted by Gasteiger charge is 2.14. The Morgan fingerprint density at radius 1 is 1.33 bits per heavy atom. The number of aromatic nitrogens is 3. The number of hydrogen-bond acceptors (Lipinski definition) is 5. The van der Waals surface area contributed by atoms with Gasteiger partial charge in [-0.05, 0) is 12.1 Å². The average molecular weight is 245 g/mol. The number of pyridine rings is 1. The maximum absolute atomic E-state index is 11.8. The van der Waals surface area contributed by atoms with Gasteiger partial charge in [-0.2, -0.15) is 5.10 Å². The molecule has 0 unspecified atom stereocenters. The van der Waals surface area contributed by atoms with Crippen molar-refractivity contribution in [2.24, 2.45) is 0 Å². The van der Waals surface area contributed by atoms with E-state index in [4.69, 9.17) is 4.74 Å². The second-order valence-electron chi connectivity index (χ2n) is 3.58. The Hall–Kier alpha value is -2.50. The fraction of sp³-hybridized carbons (Fsp3) is 0.167. The number of carbonyl (C=O) groups is 1. The molecule has 0 N–H and O–H groups in total. The maximum Gasteiger partial charge on any atom is 0.252 e. The Morgan fingerprint density at radius 2 is 2.00 bits per heavy atom. The van der Waals surface area contributed by atoms with Gasteiger partial charge >= 0.3 is 0 Å². The Morgan fingerprint density at radius 3 is 2.56 bits per heavy atom. The molecule has 6 nitrogen and oxygen atoms in total. The SMILES string of the molecule is COc1cn(-c2ccncc2)nc(C(C)=O)c1=O. The van der Waals surface area contributed by atoms with E-state index in [0.717, 1.165) is 0 Å². The third-order valence-electron chi connectivity index (χ3n) is 2.37. The first-order chi connectivity index (χ1) is 8.63. The molecule has 6 heteroatoms. The molecule has 0 saturated carbocycles. The summed E-state index contributed by atoms with van der Waals surface area (Å²) in [6.45, 7) is 1.29. The van der Waals surface area contributed by atoms with E-state index in [2.05, 4.69) is 10.1 Å². The molecular formula is C12H11N3O3. The van der Waals surface area contributed by atoms with E-state index >= 15 is 0 Å². The van der Waals surface area contributed by atoms with Gasteiger partial charge in [-0.3, -0.25) is 14.6 Å². The van der Waals surface area contributed by atoms with Gasteiger partial charge in [0.15, 0.2) is 17.2 Å². The normalized spacial score (nSPS) is 10.1. The van der Waals surface area contributed by atoms with Crippen LogP contribution in [-0.4, -0.2) is 27.7 Å². The zero-order valence-corrected chi connectivity index (χ0v) is 9.95. The summed E-state index contributed by atoms with van der Waals surface area (Å²) in [5, 5.41) is 4.00. The van der Waals surface area contributed by atoms with Crippen LogP contribution in [0.5, 0.6) is 5.75 Å². The monoisotopic (exact) mass is 245 g/mol. The Labute approximate surface area is 103 Å². The standard InChI is InChI=1S/C12H11N3O3/c1-8(16)11-12(17)10(18-2)7-15(14-11)9-3-5-13-6-4-9/h3-7H,1-2H3. The number of hydrogen-bond donors (Lipinski definition) is 0. The van der Waals surface area contributed by atoms with Gasteiger partial charge in [0.2, 0.25) is 0 Å². The molecule has 2 aromatic heterocycles. The zero-order valence-electron chi connectivity index (χ0n) is 9.95. The van der Waals surface area contributed by atoms with E-state index in [1.165, 1.54) is 24.9 Å². The largest absolute Gasteiger partial charge is 0.491 e. The van der Waals surface area contributed by atoms with Crippen LogP contribution in [0.3, 0.4) is 0 Å². The molecule has 0 fully saturated rings. The Bertz CT molecular complexity index is 635. The fourth-order valence-corrected chi connectivity index (χ4v) is 1.47. The van der Waals surface area contributed by atoms with Gasteiger partial charge in [-0.25, -0.2) is 4.68 Å². The van der Waals surface area contributed by atoms with Gasteiger partial charge in [0.1, 0.15) is 0 Å².